The number of nitrogens with one attached hydrogen (secondary N) is 2. The maximum absolute atomic E-state index is 13.3. The number of aryl methyl sites for hydroxylation is 1. The summed E-state index contributed by atoms with van der Waals surface area (Å²) in [6.45, 7) is 3.68. The molecule has 2 N–H and O–H groups in total. The first kappa shape index (κ1) is 16.6. The molecule has 1 aliphatic heterocycles. The van der Waals surface area contributed by atoms with Gasteiger partial charge in [-0.25, -0.2) is 14.5 Å². The topological polar surface area (TPSA) is 78.8 Å². The maximum Gasteiger partial charge on any atom is 0.285 e. The molecule has 0 bridgehead atoms. The van der Waals surface area contributed by atoms with Crippen LogP contribution in [0, 0.1) is 12.7 Å². The van der Waals surface area contributed by atoms with Gasteiger partial charge in [0.05, 0.1) is 24.6 Å². The first-order chi connectivity index (χ1) is 12.5. The summed E-state index contributed by atoms with van der Waals surface area (Å²) in [5, 5.41) is 9.57. The molecule has 1 aromatic carbocycles. The van der Waals surface area contributed by atoms with Crippen LogP contribution in [0.15, 0.2) is 35.4 Å². The lowest BCUT2D eigenvalue weighted by molar-refractivity contribution is 0.563. The summed E-state index contributed by atoms with van der Waals surface area (Å²) in [5.41, 5.74) is 1.83. The summed E-state index contributed by atoms with van der Waals surface area (Å²) in [5.74, 6) is 1.42. The number of hydrogen-bond donors (Lipinski definition) is 2. The number of imidazole rings is 1. The van der Waals surface area contributed by atoms with Gasteiger partial charge in [-0.05, 0) is 30.7 Å². The summed E-state index contributed by atoms with van der Waals surface area (Å²) in [6, 6.07) is 4.62. The molecule has 0 unspecified atom stereocenters. The van der Waals surface area contributed by atoms with Crippen molar-refractivity contribution in [1.29, 1.82) is 0 Å². The highest BCUT2D eigenvalue weighted by Crippen LogP contribution is 2.28. The lowest BCUT2D eigenvalue weighted by atomic mass is 10.2. The van der Waals surface area contributed by atoms with Crippen LogP contribution in [0.5, 0.6) is 0 Å². The molecule has 0 atom stereocenters. The maximum atomic E-state index is 13.3. The third kappa shape index (κ3) is 2.92. The molecule has 3 aromatic rings. The van der Waals surface area contributed by atoms with E-state index in [-0.39, 0.29) is 10.8 Å². The molecular weight excluding hydrogens is 359 g/mol. The van der Waals surface area contributed by atoms with Gasteiger partial charge in [-0.15, -0.1) is 0 Å². The van der Waals surface area contributed by atoms with Crippen LogP contribution >= 0.6 is 11.6 Å². The molecule has 3 heterocycles. The number of halogens is 2. The molecule has 4 rings (SSSR count). The van der Waals surface area contributed by atoms with Crippen molar-refractivity contribution in [3.63, 3.8) is 0 Å². The van der Waals surface area contributed by atoms with Crippen LogP contribution in [0.3, 0.4) is 0 Å². The van der Waals surface area contributed by atoms with Crippen molar-refractivity contribution in [1.82, 2.24) is 19.7 Å². The second kappa shape index (κ2) is 6.45. The second-order valence-corrected chi connectivity index (χ2v) is 6.49. The molecule has 26 heavy (non-hydrogen) atoms. The Balaban J connectivity index is 1.59. The number of rotatable bonds is 3. The van der Waals surface area contributed by atoms with Gasteiger partial charge in [0.2, 0.25) is 0 Å². The van der Waals surface area contributed by atoms with Gasteiger partial charge in [0.25, 0.3) is 5.56 Å². The third-order valence-corrected chi connectivity index (χ3v) is 4.80. The monoisotopic (exact) mass is 374 g/mol. The first-order valence-corrected chi connectivity index (χ1v) is 8.46. The summed E-state index contributed by atoms with van der Waals surface area (Å²) in [4.78, 5) is 18.1. The van der Waals surface area contributed by atoms with Crippen LogP contribution in [-0.4, -0.2) is 26.3 Å². The Morgan fingerprint density at radius 2 is 2.15 bits per heavy atom. The zero-order valence-corrected chi connectivity index (χ0v) is 14.7. The molecule has 0 amide bonds. The second-order valence-electron chi connectivity index (χ2n) is 6.12. The Labute approximate surface area is 153 Å². The molecule has 7 nitrogen and oxygen atoms in total. The number of benzene rings is 1. The lowest BCUT2D eigenvalue weighted by Crippen LogP contribution is -2.35. The van der Waals surface area contributed by atoms with Crippen molar-refractivity contribution in [2.24, 2.45) is 0 Å². The van der Waals surface area contributed by atoms with E-state index in [4.69, 9.17) is 11.6 Å². The number of H-pyrrole nitrogens is 1. The molecule has 0 saturated carbocycles. The van der Waals surface area contributed by atoms with E-state index in [0.29, 0.717) is 25.3 Å². The molecule has 9 heteroatoms. The summed E-state index contributed by atoms with van der Waals surface area (Å²) in [6.07, 6.45) is 3.29. The minimum atomic E-state index is -0.410. The summed E-state index contributed by atoms with van der Waals surface area (Å²) < 4.78 is 15.3. The normalized spacial score (nSPS) is 13.6. The number of fused-ring (bicyclic) bond motifs is 1. The minimum Gasteiger partial charge on any atom is -0.360 e. The highest BCUT2D eigenvalue weighted by molar-refractivity contribution is 6.32. The van der Waals surface area contributed by atoms with Crippen molar-refractivity contribution in [2.45, 2.75) is 20.0 Å². The number of aromatic amines is 1. The fraction of sp³-hybridized carbons (Fsp3) is 0.235. The van der Waals surface area contributed by atoms with Crippen LogP contribution in [-0.2, 0) is 13.1 Å². The fourth-order valence-corrected chi connectivity index (χ4v) is 3.28. The third-order valence-electron chi connectivity index (χ3n) is 4.43. The minimum absolute atomic E-state index is 0.125. The standard InChI is InChI=1S/C17H16ClFN6O/c1-10-6-11(19)2-3-12(10)22-14-8-20-15-9-24(4-5-25(14)15)13-7-21-23-17(26)16(13)18/h2-3,6-8,22H,4-5,9H2,1H3,(H,23,26). The molecule has 0 saturated heterocycles. The van der Waals surface area contributed by atoms with Crippen molar-refractivity contribution in [3.05, 3.63) is 63.2 Å². The van der Waals surface area contributed by atoms with E-state index in [1.165, 1.54) is 12.1 Å². The van der Waals surface area contributed by atoms with Crippen LogP contribution < -0.4 is 15.8 Å². The average Bonchev–Trinajstić information content (AvgIpc) is 3.02. The number of hydrogen-bond acceptors (Lipinski definition) is 5. The zero-order chi connectivity index (χ0) is 18.3. The molecular formula is C17H16ClFN6O. The van der Waals surface area contributed by atoms with E-state index < -0.39 is 5.56 Å². The highest BCUT2D eigenvalue weighted by Gasteiger charge is 2.23. The van der Waals surface area contributed by atoms with Gasteiger partial charge >= 0.3 is 0 Å². The number of nitrogens with zero attached hydrogens (tertiary/aromatic N) is 4. The lowest BCUT2D eigenvalue weighted by Gasteiger charge is -2.30. The highest BCUT2D eigenvalue weighted by atomic mass is 35.5. The van der Waals surface area contributed by atoms with Gasteiger partial charge in [0.15, 0.2) is 0 Å². The molecule has 0 spiro atoms. The van der Waals surface area contributed by atoms with Gasteiger partial charge in [0.1, 0.15) is 22.5 Å². The molecule has 2 aromatic heterocycles. The van der Waals surface area contributed by atoms with Crippen LogP contribution in [0.2, 0.25) is 5.02 Å². The molecule has 1 aliphatic rings. The molecule has 134 valence electrons. The Kier molecular flexibility index (Phi) is 4.12. The van der Waals surface area contributed by atoms with Crippen LogP contribution in [0.4, 0.5) is 21.6 Å². The van der Waals surface area contributed by atoms with Gasteiger partial charge in [-0.3, -0.25) is 4.79 Å². The SMILES string of the molecule is Cc1cc(F)ccc1Nc1cnc2n1CCN(c1cn[nH]c(=O)c1Cl)C2. The number of aromatic nitrogens is 4. The largest absolute Gasteiger partial charge is 0.360 e. The predicted molar refractivity (Wildman–Crippen MR) is 97.6 cm³/mol. The Morgan fingerprint density at radius 3 is 2.96 bits per heavy atom. The smallest absolute Gasteiger partial charge is 0.285 e. The average molecular weight is 375 g/mol. The van der Waals surface area contributed by atoms with Crippen LogP contribution in [0.25, 0.3) is 0 Å². The van der Waals surface area contributed by atoms with Crippen LogP contribution in [0.1, 0.15) is 11.4 Å². The van der Waals surface area contributed by atoms with E-state index in [9.17, 15) is 9.18 Å². The van der Waals surface area contributed by atoms with E-state index >= 15 is 0 Å². The Bertz CT molecular complexity index is 1030. The molecule has 0 radical (unpaired) electrons. The Hall–Kier alpha value is -2.87. The van der Waals surface area contributed by atoms with Crippen molar-refractivity contribution >= 4 is 28.8 Å². The number of anilines is 3. The van der Waals surface area contributed by atoms with Gasteiger partial charge in [-0.1, -0.05) is 11.6 Å². The van der Waals surface area contributed by atoms with Crippen molar-refractivity contribution in [3.8, 4) is 0 Å². The first-order valence-electron chi connectivity index (χ1n) is 8.08. The van der Waals surface area contributed by atoms with E-state index in [2.05, 4.69) is 25.1 Å². The van der Waals surface area contributed by atoms with Gasteiger partial charge < -0.3 is 14.8 Å². The van der Waals surface area contributed by atoms with E-state index in [1.54, 1.807) is 18.5 Å². The summed E-state index contributed by atoms with van der Waals surface area (Å²) in [7, 11) is 0. The predicted octanol–water partition coefficient (Wildman–Crippen LogP) is 2.83. The Morgan fingerprint density at radius 1 is 1.31 bits per heavy atom. The van der Waals surface area contributed by atoms with Crippen molar-refractivity contribution in [2.75, 3.05) is 16.8 Å². The van der Waals surface area contributed by atoms with Crippen molar-refractivity contribution < 1.29 is 4.39 Å². The van der Waals surface area contributed by atoms with E-state index in [0.717, 1.165) is 22.9 Å². The molecule has 0 fully saturated rings. The molecule has 0 aliphatic carbocycles. The van der Waals surface area contributed by atoms with Gasteiger partial charge in [0, 0.05) is 18.8 Å². The quantitative estimate of drug-likeness (QED) is 0.737. The zero-order valence-electron chi connectivity index (χ0n) is 14.0. The van der Waals surface area contributed by atoms with Gasteiger partial charge in [-0.2, -0.15) is 5.10 Å². The summed E-state index contributed by atoms with van der Waals surface area (Å²) >= 11 is 6.10. The fourth-order valence-electron chi connectivity index (χ4n) is 3.07. The van der Waals surface area contributed by atoms with E-state index in [1.807, 2.05) is 11.8 Å².